The third kappa shape index (κ3) is 5.59. The maximum Gasteiger partial charge on any atom is 0.188 e. The summed E-state index contributed by atoms with van der Waals surface area (Å²) in [7, 11) is 3.14. The molecule has 0 aliphatic rings. The third-order valence-corrected chi connectivity index (χ3v) is 3.64. The Labute approximate surface area is 148 Å². The van der Waals surface area contributed by atoms with Gasteiger partial charge in [-0.1, -0.05) is 30.3 Å². The van der Waals surface area contributed by atoms with Gasteiger partial charge in [0, 0.05) is 32.3 Å². The molecule has 0 N–H and O–H groups in total. The number of aryl methyl sites for hydroxylation is 1. The fraction of sp³-hybridized carbons (Fsp3) is 0.350. The summed E-state index contributed by atoms with van der Waals surface area (Å²) in [4.78, 5) is 11.5. The maximum atomic E-state index is 11.5. The molecular weight excluding hydrogens is 320 g/mol. The highest BCUT2D eigenvalue weighted by Crippen LogP contribution is 2.38. The second kappa shape index (κ2) is 9.81. The molecule has 0 saturated carbocycles. The predicted octanol–water partition coefficient (Wildman–Crippen LogP) is 3.84. The first-order valence-corrected chi connectivity index (χ1v) is 8.11. The maximum absolute atomic E-state index is 11.5. The first-order valence-electron chi connectivity index (χ1n) is 8.11. The molecule has 0 aliphatic heterocycles. The number of methoxy groups -OCH3 is 2. The van der Waals surface area contributed by atoms with Gasteiger partial charge in [-0.3, -0.25) is 0 Å². The molecule has 0 amide bonds. The van der Waals surface area contributed by atoms with Gasteiger partial charge in [0.25, 0.3) is 0 Å². The molecule has 25 heavy (non-hydrogen) atoms. The van der Waals surface area contributed by atoms with Crippen LogP contribution in [0, 0.1) is 0 Å². The van der Waals surface area contributed by atoms with Crippen molar-refractivity contribution in [1.82, 2.24) is 0 Å². The van der Waals surface area contributed by atoms with Crippen LogP contribution in [-0.2, 0) is 20.7 Å². The predicted molar refractivity (Wildman–Crippen MR) is 95.9 cm³/mol. The lowest BCUT2D eigenvalue weighted by Gasteiger charge is -2.18. The third-order valence-electron chi connectivity index (χ3n) is 3.64. The number of ether oxygens (including phenoxy) is 4. The van der Waals surface area contributed by atoms with E-state index in [1.807, 2.05) is 42.5 Å². The van der Waals surface area contributed by atoms with E-state index in [4.69, 9.17) is 18.9 Å². The van der Waals surface area contributed by atoms with Crippen LogP contribution in [0.5, 0.6) is 11.5 Å². The summed E-state index contributed by atoms with van der Waals surface area (Å²) in [5.74, 6) is 1.42. The summed E-state index contributed by atoms with van der Waals surface area (Å²) >= 11 is 0. The van der Waals surface area contributed by atoms with Gasteiger partial charge in [0.2, 0.25) is 0 Å². The van der Waals surface area contributed by atoms with Gasteiger partial charge < -0.3 is 23.7 Å². The molecular formula is C20H24O5. The van der Waals surface area contributed by atoms with Crippen LogP contribution < -0.4 is 9.47 Å². The second-order valence-electron chi connectivity index (χ2n) is 5.63. The molecule has 0 unspecified atom stereocenters. The summed E-state index contributed by atoms with van der Waals surface area (Å²) in [6.07, 6.45) is 1.06. The highest BCUT2D eigenvalue weighted by Gasteiger charge is 2.16. The fourth-order valence-corrected chi connectivity index (χ4v) is 2.53. The van der Waals surface area contributed by atoms with Gasteiger partial charge in [-0.25, -0.2) is 0 Å². The van der Waals surface area contributed by atoms with Gasteiger partial charge >= 0.3 is 0 Å². The molecule has 2 aromatic carbocycles. The molecule has 0 heterocycles. The number of ketones is 1. The van der Waals surface area contributed by atoms with E-state index in [0.29, 0.717) is 24.3 Å². The molecule has 2 rings (SSSR count). The zero-order chi connectivity index (χ0) is 18.1. The van der Waals surface area contributed by atoms with Gasteiger partial charge in [-0.05, 0) is 30.5 Å². The van der Waals surface area contributed by atoms with Crippen molar-refractivity contribution in [2.75, 3.05) is 27.8 Å². The van der Waals surface area contributed by atoms with Crippen molar-refractivity contribution in [3.8, 4) is 22.6 Å². The molecule has 5 heteroatoms. The van der Waals surface area contributed by atoms with E-state index in [0.717, 1.165) is 16.7 Å². The molecule has 0 bridgehead atoms. The lowest BCUT2D eigenvalue weighted by molar-refractivity contribution is -0.116. The molecule has 2 aromatic rings. The molecule has 134 valence electrons. The topological polar surface area (TPSA) is 54.0 Å². The van der Waals surface area contributed by atoms with Gasteiger partial charge in [0.15, 0.2) is 13.6 Å². The van der Waals surface area contributed by atoms with E-state index < -0.39 is 0 Å². The molecule has 0 aliphatic carbocycles. The van der Waals surface area contributed by atoms with E-state index in [9.17, 15) is 4.79 Å². The molecule has 0 atom stereocenters. The van der Waals surface area contributed by atoms with Gasteiger partial charge in [-0.15, -0.1) is 0 Å². The Morgan fingerprint density at radius 2 is 1.64 bits per heavy atom. The highest BCUT2D eigenvalue weighted by molar-refractivity contribution is 5.78. The van der Waals surface area contributed by atoms with Crippen LogP contribution in [-0.4, -0.2) is 33.6 Å². The average Bonchev–Trinajstić information content (AvgIpc) is 2.63. The van der Waals surface area contributed by atoms with Gasteiger partial charge in [0.05, 0.1) is 0 Å². The van der Waals surface area contributed by atoms with Crippen LogP contribution in [0.3, 0.4) is 0 Å². The second-order valence-corrected chi connectivity index (χ2v) is 5.63. The zero-order valence-electron chi connectivity index (χ0n) is 14.9. The lowest BCUT2D eigenvalue weighted by Crippen LogP contribution is -2.06. The Morgan fingerprint density at radius 3 is 2.28 bits per heavy atom. The monoisotopic (exact) mass is 344 g/mol. The van der Waals surface area contributed by atoms with Crippen molar-refractivity contribution in [3.63, 3.8) is 0 Å². The van der Waals surface area contributed by atoms with Crippen LogP contribution in [0.2, 0.25) is 0 Å². The number of hydrogen-bond acceptors (Lipinski definition) is 5. The Bertz CT molecular complexity index is 682. The van der Waals surface area contributed by atoms with Crippen molar-refractivity contribution in [2.45, 2.75) is 19.8 Å². The van der Waals surface area contributed by atoms with E-state index in [1.165, 1.54) is 0 Å². The quantitative estimate of drug-likeness (QED) is 0.613. The van der Waals surface area contributed by atoms with Gasteiger partial charge in [-0.2, -0.15) is 0 Å². The fourth-order valence-electron chi connectivity index (χ4n) is 2.53. The summed E-state index contributed by atoms with van der Waals surface area (Å²) in [6, 6.07) is 13.7. The molecule has 0 spiro atoms. The van der Waals surface area contributed by atoms with E-state index >= 15 is 0 Å². The minimum Gasteiger partial charge on any atom is -0.467 e. The van der Waals surface area contributed by atoms with Crippen molar-refractivity contribution in [2.24, 2.45) is 0 Å². The smallest absolute Gasteiger partial charge is 0.188 e. The van der Waals surface area contributed by atoms with Crippen LogP contribution >= 0.6 is 0 Å². The summed E-state index contributed by atoms with van der Waals surface area (Å²) in [5.41, 5.74) is 2.95. The molecule has 0 radical (unpaired) electrons. The molecule has 0 aromatic heterocycles. The number of hydrogen-bond donors (Lipinski definition) is 0. The van der Waals surface area contributed by atoms with E-state index in [-0.39, 0.29) is 19.4 Å². The van der Waals surface area contributed by atoms with Crippen LogP contribution in [0.1, 0.15) is 18.9 Å². The first-order chi connectivity index (χ1) is 12.2. The Balaban J connectivity index is 2.50. The van der Waals surface area contributed by atoms with Crippen molar-refractivity contribution in [1.29, 1.82) is 0 Å². The van der Waals surface area contributed by atoms with Crippen molar-refractivity contribution >= 4 is 5.78 Å². The summed E-state index contributed by atoms with van der Waals surface area (Å²) < 4.78 is 21.4. The number of carbonyl (C=O) groups is 1. The van der Waals surface area contributed by atoms with Crippen LogP contribution in [0.15, 0.2) is 42.5 Å². The Hall–Kier alpha value is -2.37. The van der Waals surface area contributed by atoms with Crippen LogP contribution in [0.25, 0.3) is 11.1 Å². The zero-order valence-corrected chi connectivity index (χ0v) is 14.9. The molecule has 0 saturated heterocycles. The first kappa shape index (κ1) is 19.0. The standard InChI is InChI=1S/C20H24O5/c1-15(21)9-10-17-11-18(24-13-22-2)12-19(25-14-23-3)20(17)16-7-5-4-6-8-16/h4-8,11-12H,9-10,13-14H2,1-3H3. The number of rotatable bonds is 10. The minimum absolute atomic E-state index is 0.125. The Kier molecular flexibility index (Phi) is 7.44. The lowest BCUT2D eigenvalue weighted by atomic mass is 9.94. The summed E-state index contributed by atoms with van der Waals surface area (Å²) in [6.45, 7) is 1.86. The van der Waals surface area contributed by atoms with Crippen molar-refractivity contribution < 1.29 is 23.7 Å². The molecule has 5 nitrogen and oxygen atoms in total. The van der Waals surface area contributed by atoms with Crippen LogP contribution in [0.4, 0.5) is 0 Å². The number of Topliss-reactive ketones (excluding diaryl/α,β-unsaturated/α-hetero) is 1. The van der Waals surface area contributed by atoms with Gasteiger partial charge in [0.1, 0.15) is 17.3 Å². The number of benzene rings is 2. The Morgan fingerprint density at radius 1 is 0.960 bits per heavy atom. The van der Waals surface area contributed by atoms with Crippen molar-refractivity contribution in [3.05, 3.63) is 48.0 Å². The largest absolute Gasteiger partial charge is 0.467 e. The minimum atomic E-state index is 0.125. The highest BCUT2D eigenvalue weighted by atomic mass is 16.7. The normalized spacial score (nSPS) is 10.5. The average molecular weight is 344 g/mol. The van der Waals surface area contributed by atoms with E-state index in [1.54, 1.807) is 21.1 Å². The summed E-state index contributed by atoms with van der Waals surface area (Å²) in [5, 5.41) is 0. The molecule has 0 fully saturated rings. The SMILES string of the molecule is COCOc1cc(CCC(C)=O)c(-c2ccccc2)c(OCOC)c1. The van der Waals surface area contributed by atoms with E-state index in [2.05, 4.69) is 0 Å². The number of carbonyl (C=O) groups excluding carboxylic acids is 1.